The van der Waals surface area contributed by atoms with E-state index in [1.807, 2.05) is 0 Å². The van der Waals surface area contributed by atoms with Crippen LogP contribution in [0.5, 0.6) is 0 Å². The van der Waals surface area contributed by atoms with Crippen LogP contribution in [0.1, 0.15) is 23.6 Å². The predicted molar refractivity (Wildman–Crippen MR) is 107 cm³/mol. The smallest absolute Gasteiger partial charge is 0.207 e. The van der Waals surface area contributed by atoms with Gasteiger partial charge in [0.1, 0.15) is 29.9 Å². The summed E-state index contributed by atoms with van der Waals surface area (Å²) in [5, 5.41) is 9.26. The van der Waals surface area contributed by atoms with Gasteiger partial charge in [0.15, 0.2) is 5.67 Å². The summed E-state index contributed by atoms with van der Waals surface area (Å²) in [7, 11) is 3.27. The number of anilines is 1. The average molecular weight is 417 g/mol. The van der Waals surface area contributed by atoms with Crippen LogP contribution in [0, 0.1) is 23.0 Å². The highest BCUT2D eigenvalue weighted by molar-refractivity contribution is 5.84. The lowest BCUT2D eigenvalue weighted by atomic mass is 9.97. The van der Waals surface area contributed by atoms with Crippen LogP contribution in [-0.4, -0.2) is 25.3 Å². The van der Waals surface area contributed by atoms with Crippen molar-refractivity contribution in [2.75, 3.05) is 25.7 Å². The molecule has 0 spiro atoms. The van der Waals surface area contributed by atoms with Gasteiger partial charge >= 0.3 is 0 Å². The second-order valence-electron chi connectivity index (χ2n) is 7.46. The van der Waals surface area contributed by atoms with E-state index in [4.69, 9.17) is 0 Å². The van der Waals surface area contributed by atoms with Crippen LogP contribution in [0.3, 0.4) is 0 Å². The Morgan fingerprint density at radius 3 is 2.43 bits per heavy atom. The van der Waals surface area contributed by atoms with Gasteiger partial charge in [0.25, 0.3) is 0 Å². The number of hydrogen-bond acceptors (Lipinski definition) is 3. The summed E-state index contributed by atoms with van der Waals surface area (Å²) >= 11 is 0. The molecule has 1 aromatic heterocycles. The molecule has 30 heavy (non-hydrogen) atoms. The van der Waals surface area contributed by atoms with Crippen molar-refractivity contribution in [3.63, 3.8) is 0 Å². The molecule has 0 aliphatic rings. The highest BCUT2D eigenvalue weighted by Gasteiger charge is 2.27. The number of aromatic nitrogens is 1. The minimum absolute atomic E-state index is 0.0112. The van der Waals surface area contributed by atoms with Gasteiger partial charge in [0, 0.05) is 25.9 Å². The average Bonchev–Trinajstić information content (AvgIpc) is 2.70. The first-order chi connectivity index (χ1) is 14.1. The number of nitriles is 1. The van der Waals surface area contributed by atoms with Crippen molar-refractivity contribution in [2.24, 2.45) is 0 Å². The normalized spacial score (nSPS) is 13.1. The quantitative estimate of drug-likeness (QED) is 0.578. The summed E-state index contributed by atoms with van der Waals surface area (Å²) in [5.41, 5.74) is -2.62. The molecule has 0 aliphatic carbocycles. The molecule has 0 amide bonds. The van der Waals surface area contributed by atoms with Crippen LogP contribution in [0.25, 0.3) is 10.9 Å². The highest BCUT2D eigenvalue weighted by atomic mass is 19.2. The van der Waals surface area contributed by atoms with E-state index in [1.54, 1.807) is 20.2 Å². The monoisotopic (exact) mass is 417 g/mol. The molecule has 8 heteroatoms. The third-order valence-electron chi connectivity index (χ3n) is 5.00. The summed E-state index contributed by atoms with van der Waals surface area (Å²) in [4.78, 5) is 14.0. The van der Waals surface area contributed by atoms with Crippen LogP contribution in [0.2, 0.25) is 0 Å². The van der Waals surface area contributed by atoms with E-state index in [0.717, 1.165) is 19.1 Å². The Kier molecular flexibility index (Phi) is 5.57. The van der Waals surface area contributed by atoms with E-state index in [1.165, 1.54) is 33.9 Å². The van der Waals surface area contributed by atoms with Gasteiger partial charge in [-0.25, -0.2) is 17.6 Å². The Morgan fingerprint density at radius 2 is 1.87 bits per heavy atom. The van der Waals surface area contributed by atoms with Gasteiger partial charge in [-0.3, -0.25) is 4.79 Å². The minimum Gasteiger partial charge on any atom is -0.375 e. The largest absolute Gasteiger partial charge is 0.375 e. The Morgan fingerprint density at radius 1 is 1.17 bits per heavy atom. The van der Waals surface area contributed by atoms with E-state index >= 15 is 0 Å². The molecule has 2 aromatic carbocycles. The third kappa shape index (κ3) is 3.75. The maximum absolute atomic E-state index is 14.6. The van der Waals surface area contributed by atoms with Crippen LogP contribution in [0.4, 0.5) is 23.2 Å². The van der Waals surface area contributed by atoms with Crippen molar-refractivity contribution >= 4 is 16.6 Å². The molecular weight excluding hydrogens is 398 g/mol. The van der Waals surface area contributed by atoms with Crippen LogP contribution < -0.4 is 10.3 Å². The van der Waals surface area contributed by atoms with Crippen molar-refractivity contribution in [3.05, 3.63) is 75.1 Å². The maximum Gasteiger partial charge on any atom is 0.207 e. The molecule has 1 heterocycles. The van der Waals surface area contributed by atoms with Gasteiger partial charge in [0.2, 0.25) is 5.43 Å². The lowest BCUT2D eigenvalue weighted by Crippen LogP contribution is -2.19. The van der Waals surface area contributed by atoms with Crippen molar-refractivity contribution < 1.29 is 17.6 Å². The van der Waals surface area contributed by atoms with Crippen molar-refractivity contribution in [1.82, 2.24) is 4.57 Å². The topological polar surface area (TPSA) is 49.0 Å². The van der Waals surface area contributed by atoms with Gasteiger partial charge in [-0.05, 0) is 30.7 Å². The summed E-state index contributed by atoms with van der Waals surface area (Å²) in [6, 6.07) is 7.81. The lowest BCUT2D eigenvalue weighted by molar-refractivity contribution is 0.142. The number of benzene rings is 2. The molecule has 0 N–H and O–H groups in total. The zero-order valence-corrected chi connectivity index (χ0v) is 16.6. The Bertz CT molecular complexity index is 1230. The Balaban J connectivity index is 2.19. The molecule has 156 valence electrons. The number of halogens is 4. The predicted octanol–water partition coefficient (Wildman–Crippen LogP) is 4.42. The zero-order chi connectivity index (χ0) is 22.2. The zero-order valence-electron chi connectivity index (χ0n) is 16.6. The first-order valence-corrected chi connectivity index (χ1v) is 9.07. The number of alkyl halides is 2. The fraction of sp³-hybridized carbons (Fsp3) is 0.273. The summed E-state index contributed by atoms with van der Waals surface area (Å²) in [5.74, 6) is -1.39. The second kappa shape index (κ2) is 7.82. The van der Waals surface area contributed by atoms with Gasteiger partial charge in [-0.2, -0.15) is 5.26 Å². The van der Waals surface area contributed by atoms with Crippen molar-refractivity contribution in [3.8, 4) is 6.07 Å². The standard InChI is InChI=1S/C22H19F4N3O/c1-22(26,12-23)15-5-4-13(17(24)6-15)10-29-11-14(9-27)21(30)16-7-18(25)20(28(2)3)8-19(16)29/h4-8,11H,10,12H2,1-3H3. The molecule has 0 bridgehead atoms. The number of hydrogen-bond donors (Lipinski definition) is 0. The molecule has 0 radical (unpaired) electrons. The van der Waals surface area contributed by atoms with Gasteiger partial charge in [-0.15, -0.1) is 0 Å². The first-order valence-electron chi connectivity index (χ1n) is 9.07. The van der Waals surface area contributed by atoms with Crippen LogP contribution >= 0.6 is 0 Å². The molecule has 1 unspecified atom stereocenters. The van der Waals surface area contributed by atoms with E-state index < -0.39 is 29.4 Å². The van der Waals surface area contributed by atoms with Gasteiger partial charge < -0.3 is 9.47 Å². The Hall–Kier alpha value is -3.34. The lowest BCUT2D eigenvalue weighted by Gasteiger charge is -2.19. The summed E-state index contributed by atoms with van der Waals surface area (Å²) in [6.07, 6.45) is 1.27. The summed E-state index contributed by atoms with van der Waals surface area (Å²) < 4.78 is 57.5. The number of fused-ring (bicyclic) bond motifs is 1. The fourth-order valence-electron chi connectivity index (χ4n) is 3.21. The number of nitrogens with zero attached hydrogens (tertiary/aromatic N) is 3. The fourth-order valence-corrected chi connectivity index (χ4v) is 3.21. The molecule has 0 saturated carbocycles. The van der Waals surface area contributed by atoms with Crippen molar-refractivity contribution in [1.29, 1.82) is 5.26 Å². The van der Waals surface area contributed by atoms with Gasteiger partial charge in [-0.1, -0.05) is 12.1 Å². The Labute approximate surface area is 170 Å². The molecule has 4 nitrogen and oxygen atoms in total. The van der Waals surface area contributed by atoms with E-state index in [2.05, 4.69) is 0 Å². The molecular formula is C22H19F4N3O. The third-order valence-corrected chi connectivity index (χ3v) is 5.00. The van der Waals surface area contributed by atoms with Crippen LogP contribution in [0.15, 0.2) is 41.3 Å². The van der Waals surface area contributed by atoms with E-state index in [-0.39, 0.29) is 34.3 Å². The maximum atomic E-state index is 14.6. The van der Waals surface area contributed by atoms with E-state index in [0.29, 0.717) is 5.52 Å². The van der Waals surface area contributed by atoms with E-state index in [9.17, 15) is 27.6 Å². The SMILES string of the molecule is CN(C)c1cc2c(cc1F)c(=O)c(C#N)cn2Cc1ccc(C(C)(F)CF)cc1F. The highest BCUT2D eigenvalue weighted by Crippen LogP contribution is 2.29. The molecule has 0 saturated heterocycles. The number of rotatable bonds is 5. The first kappa shape index (κ1) is 21.4. The second-order valence-corrected chi connectivity index (χ2v) is 7.46. The minimum atomic E-state index is -2.31. The molecule has 3 rings (SSSR count). The molecule has 1 atom stereocenters. The molecule has 0 aliphatic heterocycles. The van der Waals surface area contributed by atoms with Gasteiger partial charge in [0.05, 0.1) is 23.1 Å². The molecule has 0 fully saturated rings. The number of pyridine rings is 1. The summed E-state index contributed by atoms with van der Waals surface area (Å²) in [6.45, 7) is -0.373. The molecule has 3 aromatic rings. The van der Waals surface area contributed by atoms with Crippen LogP contribution in [-0.2, 0) is 12.2 Å². The van der Waals surface area contributed by atoms with Crippen molar-refractivity contribution in [2.45, 2.75) is 19.1 Å².